The molecule has 0 fully saturated rings. The van der Waals surface area contributed by atoms with Crippen molar-refractivity contribution in [2.75, 3.05) is 13.1 Å². The molecule has 0 aliphatic carbocycles. The molecule has 1 aromatic rings. The monoisotopic (exact) mass is 250 g/mol. The third-order valence-corrected chi connectivity index (χ3v) is 3.67. The highest BCUT2D eigenvalue weighted by Crippen LogP contribution is 2.16. The number of aromatic nitrogens is 1. The first-order chi connectivity index (χ1) is 8.42. The second-order valence-corrected chi connectivity index (χ2v) is 5.11. The molecule has 3 nitrogen and oxygen atoms in total. The van der Waals surface area contributed by atoms with Gasteiger partial charge >= 0.3 is 0 Å². The normalized spacial score (nSPS) is 11.6. The van der Waals surface area contributed by atoms with Crippen LogP contribution >= 0.6 is 0 Å². The maximum Gasteiger partial charge on any atom is 0.178 e. The van der Waals surface area contributed by atoms with Crippen molar-refractivity contribution in [1.29, 1.82) is 0 Å². The highest BCUT2D eigenvalue weighted by molar-refractivity contribution is 5.99. The number of carbonyl (C=O) groups excluding carboxylic acids is 1. The van der Waals surface area contributed by atoms with E-state index >= 15 is 0 Å². The summed E-state index contributed by atoms with van der Waals surface area (Å²) in [7, 11) is 0. The van der Waals surface area contributed by atoms with Crippen molar-refractivity contribution in [2.24, 2.45) is 0 Å². The summed E-state index contributed by atoms with van der Waals surface area (Å²) in [6.07, 6.45) is 0. The van der Waals surface area contributed by atoms with Gasteiger partial charge in [0.05, 0.1) is 6.54 Å². The fourth-order valence-electron chi connectivity index (χ4n) is 2.50. The van der Waals surface area contributed by atoms with Crippen molar-refractivity contribution in [3.63, 3.8) is 0 Å². The van der Waals surface area contributed by atoms with Crippen LogP contribution in [0.25, 0.3) is 0 Å². The second kappa shape index (κ2) is 6.19. The molecule has 0 atom stereocenters. The standard InChI is InChI=1S/C15H26N2O/c1-7-16(11(3)4)10-15(18)14-9-12(5)17(8-2)13(14)6/h9,11H,7-8,10H2,1-6H3. The summed E-state index contributed by atoms with van der Waals surface area (Å²) in [6, 6.07) is 2.43. The Balaban J connectivity index is 2.91. The smallest absolute Gasteiger partial charge is 0.178 e. The Labute approximate surface area is 111 Å². The van der Waals surface area contributed by atoms with E-state index in [0.717, 1.165) is 24.3 Å². The number of carbonyl (C=O) groups is 1. The first-order valence-electron chi connectivity index (χ1n) is 6.86. The zero-order valence-electron chi connectivity index (χ0n) is 12.6. The number of hydrogen-bond acceptors (Lipinski definition) is 2. The van der Waals surface area contributed by atoms with Gasteiger partial charge in [0.25, 0.3) is 0 Å². The molecule has 1 heterocycles. The summed E-state index contributed by atoms with van der Waals surface area (Å²) in [5.41, 5.74) is 3.15. The molecule has 0 aliphatic heterocycles. The minimum Gasteiger partial charge on any atom is -0.349 e. The molecule has 0 bridgehead atoms. The van der Waals surface area contributed by atoms with Gasteiger partial charge in [0.15, 0.2) is 5.78 Å². The van der Waals surface area contributed by atoms with Crippen molar-refractivity contribution >= 4 is 5.78 Å². The van der Waals surface area contributed by atoms with E-state index in [1.165, 1.54) is 5.69 Å². The SMILES string of the molecule is CCN(CC(=O)c1cc(C)n(CC)c1C)C(C)C. The van der Waals surface area contributed by atoms with E-state index < -0.39 is 0 Å². The summed E-state index contributed by atoms with van der Waals surface area (Å²) < 4.78 is 2.19. The van der Waals surface area contributed by atoms with Gasteiger partial charge in [-0.3, -0.25) is 9.69 Å². The van der Waals surface area contributed by atoms with Crippen LogP contribution in [0.4, 0.5) is 0 Å². The zero-order valence-corrected chi connectivity index (χ0v) is 12.6. The predicted octanol–water partition coefficient (Wildman–Crippen LogP) is 3.04. The highest BCUT2D eigenvalue weighted by atomic mass is 16.1. The molecule has 0 spiro atoms. The maximum absolute atomic E-state index is 12.4. The zero-order chi connectivity index (χ0) is 13.9. The molecule has 0 unspecified atom stereocenters. The van der Waals surface area contributed by atoms with E-state index in [9.17, 15) is 4.79 Å². The molecule has 0 aromatic carbocycles. The van der Waals surface area contributed by atoms with E-state index in [1.54, 1.807) is 0 Å². The van der Waals surface area contributed by atoms with Crippen LogP contribution in [-0.2, 0) is 6.54 Å². The molecule has 0 saturated heterocycles. The van der Waals surface area contributed by atoms with Crippen LogP contribution in [-0.4, -0.2) is 34.4 Å². The fraction of sp³-hybridized carbons (Fsp3) is 0.667. The molecule has 0 radical (unpaired) electrons. The van der Waals surface area contributed by atoms with Gasteiger partial charge < -0.3 is 4.57 Å². The van der Waals surface area contributed by atoms with E-state index in [0.29, 0.717) is 12.6 Å². The number of Topliss-reactive ketones (excluding diaryl/α,β-unsaturated/α-hetero) is 1. The van der Waals surface area contributed by atoms with Gasteiger partial charge in [0.1, 0.15) is 0 Å². The number of hydrogen-bond donors (Lipinski definition) is 0. The average molecular weight is 250 g/mol. The molecule has 1 aromatic heterocycles. The molecular formula is C15H26N2O. The van der Waals surface area contributed by atoms with Crippen molar-refractivity contribution in [2.45, 2.75) is 54.1 Å². The van der Waals surface area contributed by atoms with Crippen LogP contribution in [0.1, 0.15) is 49.4 Å². The Morgan fingerprint density at radius 3 is 2.33 bits per heavy atom. The summed E-state index contributed by atoms with van der Waals surface area (Å²) in [5.74, 6) is 0.235. The van der Waals surface area contributed by atoms with Gasteiger partial charge in [0.2, 0.25) is 0 Å². The van der Waals surface area contributed by atoms with Crippen molar-refractivity contribution in [3.05, 3.63) is 23.0 Å². The number of aryl methyl sites for hydroxylation is 1. The van der Waals surface area contributed by atoms with Crippen LogP contribution in [0.2, 0.25) is 0 Å². The molecule has 3 heteroatoms. The lowest BCUT2D eigenvalue weighted by Crippen LogP contribution is -2.35. The largest absolute Gasteiger partial charge is 0.349 e. The summed E-state index contributed by atoms with van der Waals surface area (Å²) >= 11 is 0. The second-order valence-electron chi connectivity index (χ2n) is 5.11. The Bertz CT molecular complexity index is 418. The average Bonchev–Trinajstić information content (AvgIpc) is 2.60. The molecule has 102 valence electrons. The molecule has 0 amide bonds. The summed E-state index contributed by atoms with van der Waals surface area (Å²) in [5, 5.41) is 0. The first-order valence-corrected chi connectivity index (χ1v) is 6.86. The van der Waals surface area contributed by atoms with Gasteiger partial charge in [0, 0.05) is 29.5 Å². The third-order valence-electron chi connectivity index (χ3n) is 3.67. The van der Waals surface area contributed by atoms with Crippen LogP contribution in [0.5, 0.6) is 0 Å². The van der Waals surface area contributed by atoms with Crippen molar-refractivity contribution in [3.8, 4) is 0 Å². The maximum atomic E-state index is 12.4. The first kappa shape index (κ1) is 15.0. The molecule has 0 N–H and O–H groups in total. The lowest BCUT2D eigenvalue weighted by Gasteiger charge is -2.23. The summed E-state index contributed by atoms with van der Waals surface area (Å²) in [6.45, 7) is 14.9. The van der Waals surface area contributed by atoms with Crippen LogP contribution < -0.4 is 0 Å². The lowest BCUT2D eigenvalue weighted by molar-refractivity contribution is 0.0910. The van der Waals surface area contributed by atoms with Gasteiger partial charge in [-0.05, 0) is 47.2 Å². The van der Waals surface area contributed by atoms with Gasteiger partial charge in [-0.25, -0.2) is 0 Å². The number of rotatable bonds is 6. The quantitative estimate of drug-likeness (QED) is 0.725. The Hall–Kier alpha value is -1.09. The number of nitrogens with zero attached hydrogens (tertiary/aromatic N) is 2. The van der Waals surface area contributed by atoms with E-state index in [4.69, 9.17) is 0 Å². The fourth-order valence-corrected chi connectivity index (χ4v) is 2.50. The van der Waals surface area contributed by atoms with Crippen LogP contribution in [0, 0.1) is 13.8 Å². The van der Waals surface area contributed by atoms with Gasteiger partial charge in [-0.1, -0.05) is 6.92 Å². The van der Waals surface area contributed by atoms with Crippen LogP contribution in [0.3, 0.4) is 0 Å². The number of likely N-dealkylation sites (N-methyl/N-ethyl adjacent to an activating group) is 1. The van der Waals surface area contributed by atoms with Gasteiger partial charge in [-0.15, -0.1) is 0 Å². The van der Waals surface area contributed by atoms with Gasteiger partial charge in [-0.2, -0.15) is 0 Å². The van der Waals surface area contributed by atoms with E-state index in [2.05, 4.69) is 44.1 Å². The molecule has 1 rings (SSSR count). The minimum absolute atomic E-state index is 0.235. The van der Waals surface area contributed by atoms with E-state index in [-0.39, 0.29) is 5.78 Å². The molecular weight excluding hydrogens is 224 g/mol. The Kier molecular flexibility index (Phi) is 5.15. The third kappa shape index (κ3) is 3.02. The van der Waals surface area contributed by atoms with Crippen molar-refractivity contribution < 1.29 is 4.79 Å². The number of ketones is 1. The summed E-state index contributed by atoms with van der Waals surface area (Å²) in [4.78, 5) is 14.6. The Morgan fingerprint density at radius 1 is 1.33 bits per heavy atom. The molecule has 18 heavy (non-hydrogen) atoms. The van der Waals surface area contributed by atoms with Crippen LogP contribution in [0.15, 0.2) is 6.07 Å². The van der Waals surface area contributed by atoms with E-state index in [1.807, 2.05) is 13.0 Å². The minimum atomic E-state index is 0.235. The van der Waals surface area contributed by atoms with Crippen molar-refractivity contribution in [1.82, 2.24) is 9.47 Å². The molecule has 0 saturated carbocycles. The lowest BCUT2D eigenvalue weighted by atomic mass is 10.1. The predicted molar refractivity (Wildman–Crippen MR) is 76.3 cm³/mol. The molecule has 0 aliphatic rings. The topological polar surface area (TPSA) is 25.2 Å². The Morgan fingerprint density at radius 2 is 1.94 bits per heavy atom. The highest BCUT2D eigenvalue weighted by Gasteiger charge is 2.18.